The molecular weight excluding hydrogens is 322 g/mol. The number of benzene rings is 2. The van der Waals surface area contributed by atoms with Gasteiger partial charge >= 0.3 is 0 Å². The molecule has 1 heterocycles. The van der Waals surface area contributed by atoms with E-state index in [0.717, 1.165) is 16.9 Å². The van der Waals surface area contributed by atoms with Crippen molar-refractivity contribution in [1.29, 1.82) is 0 Å². The average Bonchev–Trinajstić information content (AvgIpc) is 3.16. The van der Waals surface area contributed by atoms with Crippen LogP contribution >= 0.6 is 0 Å². The Labute approximate surface area is 145 Å². The molecule has 0 N–H and O–H groups in total. The van der Waals surface area contributed by atoms with Crippen LogP contribution in [-0.2, 0) is 0 Å². The number of nitrogens with zero attached hydrogens (tertiary/aromatic N) is 3. The molecule has 7 heteroatoms. The van der Waals surface area contributed by atoms with Crippen LogP contribution in [0.5, 0.6) is 23.0 Å². The van der Waals surface area contributed by atoms with Crippen molar-refractivity contribution in [3.63, 3.8) is 0 Å². The van der Waals surface area contributed by atoms with E-state index in [1.54, 1.807) is 39.3 Å². The molecule has 129 valence electrons. The molecule has 0 aliphatic heterocycles. The molecule has 3 rings (SSSR count). The van der Waals surface area contributed by atoms with Gasteiger partial charge in [0.2, 0.25) is 5.75 Å². The molecule has 1 aromatic heterocycles. The Morgan fingerprint density at radius 3 is 2.16 bits per heavy atom. The van der Waals surface area contributed by atoms with E-state index in [9.17, 15) is 0 Å². The fourth-order valence-electron chi connectivity index (χ4n) is 2.51. The summed E-state index contributed by atoms with van der Waals surface area (Å²) < 4.78 is 23.0. The number of ether oxygens (including phenoxy) is 4. The summed E-state index contributed by atoms with van der Waals surface area (Å²) in [5.74, 6) is 2.27. The fourth-order valence-corrected chi connectivity index (χ4v) is 2.51. The molecule has 2 aromatic carbocycles. The fraction of sp³-hybridized carbons (Fsp3) is 0.222. The van der Waals surface area contributed by atoms with Crippen molar-refractivity contribution in [1.82, 2.24) is 15.0 Å². The maximum atomic E-state index is 5.40. The van der Waals surface area contributed by atoms with Crippen molar-refractivity contribution >= 4 is 0 Å². The second-order valence-electron chi connectivity index (χ2n) is 5.06. The van der Waals surface area contributed by atoms with E-state index in [1.165, 1.54) is 0 Å². The molecule has 3 aromatic rings. The van der Waals surface area contributed by atoms with Gasteiger partial charge in [-0.2, -0.15) is 0 Å². The summed E-state index contributed by atoms with van der Waals surface area (Å²) in [6, 6.07) is 12.3. The summed E-state index contributed by atoms with van der Waals surface area (Å²) in [4.78, 5) is 0. The van der Waals surface area contributed by atoms with Crippen LogP contribution in [0.4, 0.5) is 0 Å². The highest BCUT2D eigenvalue weighted by Crippen LogP contribution is 2.39. The third kappa shape index (κ3) is 3.08. The summed E-state index contributed by atoms with van der Waals surface area (Å²) in [6.07, 6.45) is 1.68. The van der Waals surface area contributed by atoms with E-state index < -0.39 is 0 Å². The number of rotatable bonds is 6. The molecule has 0 saturated carbocycles. The smallest absolute Gasteiger partial charge is 0.203 e. The van der Waals surface area contributed by atoms with E-state index in [0.29, 0.717) is 23.0 Å². The summed E-state index contributed by atoms with van der Waals surface area (Å²) >= 11 is 0. The maximum Gasteiger partial charge on any atom is 0.203 e. The monoisotopic (exact) mass is 340 g/mol. The van der Waals surface area contributed by atoms with Gasteiger partial charge in [-0.05, 0) is 18.2 Å². The minimum Gasteiger partial charge on any atom is -0.496 e. The predicted molar refractivity (Wildman–Crippen MR) is 91.8 cm³/mol. The first-order valence-corrected chi connectivity index (χ1v) is 7.49. The Balaban J connectivity index is 2.10. The zero-order chi connectivity index (χ0) is 17.8. The van der Waals surface area contributed by atoms with E-state index >= 15 is 0 Å². The quantitative estimate of drug-likeness (QED) is 0.687. The first-order valence-electron chi connectivity index (χ1n) is 7.49. The van der Waals surface area contributed by atoms with Gasteiger partial charge in [0.05, 0.1) is 46.0 Å². The van der Waals surface area contributed by atoms with Crippen molar-refractivity contribution in [2.45, 2.75) is 0 Å². The lowest BCUT2D eigenvalue weighted by Crippen LogP contribution is -2.02. The topological polar surface area (TPSA) is 67.6 Å². The number of aromatic nitrogens is 3. The molecule has 25 heavy (non-hydrogen) atoms. The summed E-state index contributed by atoms with van der Waals surface area (Å²) in [5, 5.41) is 8.21. The average molecular weight is 340 g/mol. The molecule has 0 aliphatic rings. The second-order valence-corrected chi connectivity index (χ2v) is 5.06. The van der Waals surface area contributed by atoms with Gasteiger partial charge < -0.3 is 18.9 Å². The molecule has 0 saturated heterocycles. The van der Waals surface area contributed by atoms with Crippen LogP contribution < -0.4 is 18.9 Å². The first kappa shape index (κ1) is 16.6. The highest BCUT2D eigenvalue weighted by atomic mass is 16.5. The van der Waals surface area contributed by atoms with Crippen molar-refractivity contribution in [2.75, 3.05) is 28.4 Å². The van der Waals surface area contributed by atoms with Gasteiger partial charge in [0.1, 0.15) is 5.75 Å². The first-order chi connectivity index (χ1) is 12.2. The number of methoxy groups -OCH3 is 4. The Bertz CT molecular complexity index is 834. The normalized spacial score (nSPS) is 10.4. The zero-order valence-corrected chi connectivity index (χ0v) is 14.4. The molecule has 0 aliphatic carbocycles. The maximum absolute atomic E-state index is 5.40. The number of hydrogen-bond donors (Lipinski definition) is 0. The van der Waals surface area contributed by atoms with E-state index in [2.05, 4.69) is 16.4 Å². The highest BCUT2D eigenvalue weighted by Gasteiger charge is 2.17. The molecule has 0 spiro atoms. The van der Waals surface area contributed by atoms with Crippen LogP contribution in [0, 0.1) is 6.07 Å². The van der Waals surface area contributed by atoms with Crippen LogP contribution in [0.15, 0.2) is 36.5 Å². The van der Waals surface area contributed by atoms with E-state index in [-0.39, 0.29) is 0 Å². The van der Waals surface area contributed by atoms with Crippen LogP contribution in [0.2, 0.25) is 0 Å². The minimum atomic E-state index is 0.521. The van der Waals surface area contributed by atoms with Crippen molar-refractivity contribution in [3.8, 4) is 39.9 Å². The molecule has 1 radical (unpaired) electrons. The van der Waals surface area contributed by atoms with Gasteiger partial charge in [0.25, 0.3) is 0 Å². The lowest BCUT2D eigenvalue weighted by Gasteiger charge is -2.15. The SMILES string of the molecule is COc1[c]cc(-c2cnnn2-c2cc(OC)c(OC)c(OC)c2)cc1. The van der Waals surface area contributed by atoms with Gasteiger partial charge in [-0.15, -0.1) is 5.10 Å². The minimum absolute atomic E-state index is 0.521. The summed E-state index contributed by atoms with van der Waals surface area (Å²) in [7, 11) is 6.31. The van der Waals surface area contributed by atoms with Crippen LogP contribution in [0.25, 0.3) is 16.9 Å². The Hall–Kier alpha value is -3.22. The van der Waals surface area contributed by atoms with E-state index in [4.69, 9.17) is 18.9 Å². The van der Waals surface area contributed by atoms with Gasteiger partial charge in [-0.1, -0.05) is 5.21 Å². The zero-order valence-electron chi connectivity index (χ0n) is 14.4. The van der Waals surface area contributed by atoms with Gasteiger partial charge in [-0.3, -0.25) is 0 Å². The van der Waals surface area contributed by atoms with Crippen LogP contribution in [0.1, 0.15) is 0 Å². The Morgan fingerprint density at radius 1 is 0.920 bits per heavy atom. The van der Waals surface area contributed by atoms with Crippen molar-refractivity contribution in [3.05, 3.63) is 42.6 Å². The van der Waals surface area contributed by atoms with Gasteiger partial charge in [-0.25, -0.2) is 4.68 Å². The largest absolute Gasteiger partial charge is 0.496 e. The third-order valence-corrected chi connectivity index (χ3v) is 3.74. The molecule has 7 nitrogen and oxygen atoms in total. The highest BCUT2D eigenvalue weighted by molar-refractivity contribution is 5.64. The van der Waals surface area contributed by atoms with Crippen LogP contribution in [0.3, 0.4) is 0 Å². The Morgan fingerprint density at radius 2 is 1.64 bits per heavy atom. The predicted octanol–water partition coefficient (Wildman–Crippen LogP) is 2.77. The summed E-state index contributed by atoms with van der Waals surface area (Å²) in [6.45, 7) is 0. The Kier molecular flexibility index (Phi) is 4.74. The molecule has 0 unspecified atom stereocenters. The summed E-state index contributed by atoms with van der Waals surface area (Å²) in [5.41, 5.74) is 2.44. The standard InChI is InChI=1S/C18H18N3O4/c1-22-14-7-5-12(6-8-14)15-11-19-20-21(15)13-9-16(23-2)18(25-4)17(10-13)24-3/h5-7,9-11H,1-4H3. The van der Waals surface area contributed by atoms with Gasteiger partial charge in [0, 0.05) is 23.8 Å². The lowest BCUT2D eigenvalue weighted by molar-refractivity contribution is 0.324. The molecular formula is C18H18N3O4. The van der Waals surface area contributed by atoms with Crippen molar-refractivity contribution < 1.29 is 18.9 Å². The molecule has 0 fully saturated rings. The lowest BCUT2D eigenvalue weighted by atomic mass is 10.1. The molecule has 0 bridgehead atoms. The second kappa shape index (κ2) is 7.12. The molecule has 0 amide bonds. The molecule has 0 atom stereocenters. The third-order valence-electron chi connectivity index (χ3n) is 3.74. The van der Waals surface area contributed by atoms with E-state index in [1.807, 2.05) is 30.3 Å². The van der Waals surface area contributed by atoms with Crippen molar-refractivity contribution in [2.24, 2.45) is 0 Å². The van der Waals surface area contributed by atoms with Crippen LogP contribution in [-0.4, -0.2) is 43.4 Å². The van der Waals surface area contributed by atoms with Gasteiger partial charge in [0.15, 0.2) is 11.5 Å². The number of hydrogen-bond acceptors (Lipinski definition) is 6.